The third-order valence-corrected chi connectivity index (χ3v) is 5.88. The van der Waals surface area contributed by atoms with Crippen LogP contribution in [0.2, 0.25) is 0 Å². The first-order valence-electron chi connectivity index (χ1n) is 10.7. The summed E-state index contributed by atoms with van der Waals surface area (Å²) in [6, 6.07) is 28.7. The Morgan fingerprint density at radius 3 is 2.58 bits per heavy atom. The topological polar surface area (TPSA) is 48.6 Å². The summed E-state index contributed by atoms with van der Waals surface area (Å²) in [6.45, 7) is 4.00. The van der Waals surface area contributed by atoms with Crippen molar-refractivity contribution in [2.75, 3.05) is 0 Å². The number of hydrogen-bond donors (Lipinski definition) is 0. The number of benzene rings is 3. The van der Waals surface area contributed by atoms with Crippen molar-refractivity contribution in [3.8, 4) is 17.2 Å². The van der Waals surface area contributed by atoms with Gasteiger partial charge in [0.2, 0.25) is 0 Å². The molecule has 2 heterocycles. The molecule has 1 aliphatic heterocycles. The SMILES string of the molecule is Cc1cc(C)n(-c2[c-]c(Oc3[c-]c(C4=N[C@H]5c6ccccc6C[C@H]5O4)ccc3)ccc2)n1.[Pt+2]. The van der Waals surface area contributed by atoms with E-state index in [0.717, 1.165) is 29.1 Å². The van der Waals surface area contributed by atoms with Gasteiger partial charge in [-0.1, -0.05) is 35.9 Å². The molecule has 0 spiro atoms. The van der Waals surface area contributed by atoms with Gasteiger partial charge in [-0.25, -0.2) is 0 Å². The Kier molecular flexibility index (Phi) is 5.67. The van der Waals surface area contributed by atoms with Gasteiger partial charge in [0.05, 0.1) is 5.69 Å². The quantitative estimate of drug-likeness (QED) is 0.293. The van der Waals surface area contributed by atoms with E-state index in [1.165, 1.54) is 11.1 Å². The fourth-order valence-corrected chi connectivity index (χ4v) is 4.47. The molecule has 33 heavy (non-hydrogen) atoms. The summed E-state index contributed by atoms with van der Waals surface area (Å²) < 4.78 is 14.1. The second-order valence-electron chi connectivity index (χ2n) is 8.21. The molecule has 5 nitrogen and oxygen atoms in total. The Hall–Kier alpha value is -3.17. The number of ether oxygens (including phenoxy) is 2. The molecular weight excluding hydrogens is 593 g/mol. The Morgan fingerprint density at radius 2 is 1.76 bits per heavy atom. The molecule has 6 heteroatoms. The number of nitrogens with zero attached hydrogens (tertiary/aromatic N) is 3. The Balaban J connectivity index is 0.00000228. The van der Waals surface area contributed by atoms with Crippen LogP contribution in [0, 0.1) is 26.0 Å². The Bertz CT molecular complexity index is 1360. The molecule has 0 saturated heterocycles. The summed E-state index contributed by atoms with van der Waals surface area (Å²) in [5, 5.41) is 4.53. The zero-order valence-corrected chi connectivity index (χ0v) is 20.5. The molecule has 0 amide bonds. The van der Waals surface area contributed by atoms with Crippen molar-refractivity contribution in [1.29, 1.82) is 0 Å². The molecule has 2 aliphatic rings. The van der Waals surface area contributed by atoms with E-state index in [9.17, 15) is 0 Å². The number of rotatable bonds is 4. The fourth-order valence-electron chi connectivity index (χ4n) is 4.47. The van der Waals surface area contributed by atoms with Crippen LogP contribution in [0.25, 0.3) is 5.69 Å². The van der Waals surface area contributed by atoms with Gasteiger partial charge >= 0.3 is 21.1 Å². The van der Waals surface area contributed by atoms with Gasteiger partial charge in [0.1, 0.15) is 18.0 Å². The molecule has 0 fully saturated rings. The van der Waals surface area contributed by atoms with Gasteiger partial charge < -0.3 is 9.47 Å². The predicted octanol–water partition coefficient (Wildman–Crippen LogP) is 5.32. The van der Waals surface area contributed by atoms with Crippen molar-refractivity contribution >= 4 is 5.90 Å². The molecule has 4 aromatic rings. The third-order valence-electron chi connectivity index (χ3n) is 5.88. The number of fused-ring (bicyclic) bond motifs is 3. The molecule has 1 aliphatic carbocycles. The van der Waals surface area contributed by atoms with Crippen LogP contribution in [0.4, 0.5) is 0 Å². The van der Waals surface area contributed by atoms with E-state index in [1.807, 2.05) is 61.0 Å². The number of aliphatic imine (C=N–C) groups is 1. The number of aromatic nitrogens is 2. The van der Waals surface area contributed by atoms with E-state index >= 15 is 0 Å². The molecular formula is C27H21N3O2Pt. The Morgan fingerprint density at radius 1 is 0.970 bits per heavy atom. The minimum atomic E-state index is 0. The first-order chi connectivity index (χ1) is 15.6. The number of aryl methyl sites for hydroxylation is 2. The van der Waals surface area contributed by atoms with E-state index in [1.54, 1.807) is 0 Å². The van der Waals surface area contributed by atoms with Crippen molar-refractivity contribution in [3.05, 3.63) is 107 Å². The van der Waals surface area contributed by atoms with Crippen LogP contribution in [0.5, 0.6) is 11.5 Å². The van der Waals surface area contributed by atoms with E-state index in [-0.39, 0.29) is 33.2 Å². The van der Waals surface area contributed by atoms with Crippen molar-refractivity contribution in [2.45, 2.75) is 32.4 Å². The van der Waals surface area contributed by atoms with Gasteiger partial charge in [0.25, 0.3) is 0 Å². The zero-order valence-electron chi connectivity index (χ0n) is 18.2. The number of hydrogen-bond acceptors (Lipinski definition) is 4. The van der Waals surface area contributed by atoms with Crippen molar-refractivity contribution in [2.24, 2.45) is 4.99 Å². The van der Waals surface area contributed by atoms with Crippen LogP contribution in [0.15, 0.2) is 71.7 Å². The molecule has 6 rings (SSSR count). The summed E-state index contributed by atoms with van der Waals surface area (Å²) >= 11 is 0. The smallest absolute Gasteiger partial charge is 0.514 e. The van der Waals surface area contributed by atoms with Crippen LogP contribution in [-0.4, -0.2) is 21.8 Å². The summed E-state index contributed by atoms with van der Waals surface area (Å²) in [7, 11) is 0. The average molecular weight is 615 g/mol. The van der Waals surface area contributed by atoms with Gasteiger partial charge in [0.15, 0.2) is 0 Å². The van der Waals surface area contributed by atoms with Gasteiger partial charge in [-0.05, 0) is 36.7 Å². The second-order valence-corrected chi connectivity index (χ2v) is 8.21. The van der Waals surface area contributed by atoms with Crippen LogP contribution < -0.4 is 4.74 Å². The van der Waals surface area contributed by atoms with Crippen LogP contribution in [0.1, 0.15) is 34.1 Å². The first-order valence-corrected chi connectivity index (χ1v) is 10.7. The summed E-state index contributed by atoms with van der Waals surface area (Å²) in [6.07, 6.45) is 0.948. The van der Waals surface area contributed by atoms with Crippen LogP contribution in [0.3, 0.4) is 0 Å². The second kappa shape index (κ2) is 8.64. The molecule has 1 aromatic heterocycles. The molecule has 0 bridgehead atoms. The summed E-state index contributed by atoms with van der Waals surface area (Å²) in [5.74, 6) is 1.82. The maximum atomic E-state index is 6.20. The maximum absolute atomic E-state index is 6.20. The largest absolute Gasteiger partial charge is 2.00 e. The molecule has 0 unspecified atom stereocenters. The molecule has 166 valence electrons. The monoisotopic (exact) mass is 614 g/mol. The standard InChI is InChI=1S/C27H21N3O2.Pt/c1-17-13-18(2)30(29-17)21-9-6-11-23(16-21)31-22-10-5-8-20(14-22)27-28-26-24-12-4-3-7-19(24)15-25(26)32-27;/h3-13,25-26H,15H2,1-2H3;/q-2;+2/t25-,26+;/m1./s1. The van der Waals surface area contributed by atoms with Gasteiger partial charge in [-0.15, -0.1) is 36.4 Å². The van der Waals surface area contributed by atoms with Gasteiger partial charge in [-0.2, -0.15) is 11.2 Å². The van der Waals surface area contributed by atoms with E-state index in [0.29, 0.717) is 17.4 Å². The minimum Gasteiger partial charge on any atom is -0.514 e. The zero-order chi connectivity index (χ0) is 21.7. The molecule has 3 aromatic carbocycles. The van der Waals surface area contributed by atoms with E-state index < -0.39 is 0 Å². The van der Waals surface area contributed by atoms with Gasteiger partial charge in [0, 0.05) is 23.6 Å². The van der Waals surface area contributed by atoms with Crippen molar-refractivity contribution in [1.82, 2.24) is 9.78 Å². The normalized spacial score (nSPS) is 18.1. The fraction of sp³-hybridized carbons (Fsp3) is 0.185. The third kappa shape index (κ3) is 4.02. The minimum absolute atomic E-state index is 0. The van der Waals surface area contributed by atoms with Crippen LogP contribution >= 0.6 is 0 Å². The Labute approximate surface area is 207 Å². The summed E-state index contributed by atoms with van der Waals surface area (Å²) in [4.78, 5) is 4.86. The average Bonchev–Trinajstić information content (AvgIpc) is 3.46. The maximum Gasteiger partial charge on any atom is 2.00 e. The molecule has 0 saturated carbocycles. The van der Waals surface area contributed by atoms with Crippen molar-refractivity contribution in [3.63, 3.8) is 0 Å². The molecule has 0 N–H and O–H groups in total. The van der Waals surface area contributed by atoms with Gasteiger partial charge in [-0.3, -0.25) is 9.67 Å². The van der Waals surface area contributed by atoms with Crippen molar-refractivity contribution < 1.29 is 30.5 Å². The first kappa shape index (κ1) is 21.7. The van der Waals surface area contributed by atoms with E-state index in [2.05, 4.69) is 41.5 Å². The van der Waals surface area contributed by atoms with E-state index in [4.69, 9.17) is 14.5 Å². The molecule has 2 atom stereocenters. The van der Waals surface area contributed by atoms with Crippen LogP contribution in [-0.2, 0) is 32.2 Å². The molecule has 0 radical (unpaired) electrons. The summed E-state index contributed by atoms with van der Waals surface area (Å²) in [5.41, 5.74) is 6.23. The predicted molar refractivity (Wildman–Crippen MR) is 122 cm³/mol.